The minimum absolute atomic E-state index is 0.0947. The van der Waals surface area contributed by atoms with Gasteiger partial charge in [0.15, 0.2) is 6.61 Å². The molecule has 0 radical (unpaired) electrons. The molecule has 154 valence electrons. The van der Waals surface area contributed by atoms with Crippen LogP contribution in [0.25, 0.3) is 5.69 Å². The molecule has 0 atom stereocenters. The highest BCUT2D eigenvalue weighted by Crippen LogP contribution is 2.40. The van der Waals surface area contributed by atoms with Crippen molar-refractivity contribution in [2.75, 3.05) is 30.5 Å². The number of hydrogen-bond donors (Lipinski definition) is 0. The number of benzene rings is 2. The Morgan fingerprint density at radius 3 is 2.19 bits per heavy atom. The van der Waals surface area contributed by atoms with Crippen LogP contribution >= 0.6 is 0 Å². The number of anilines is 2. The number of aromatic nitrogens is 4. The van der Waals surface area contributed by atoms with Gasteiger partial charge in [0.05, 0.1) is 22.6 Å². The van der Waals surface area contributed by atoms with Gasteiger partial charge in [-0.05, 0) is 34.7 Å². The molecule has 0 amide bonds. The minimum atomic E-state index is -0.724. The Balaban J connectivity index is 1.55. The lowest BCUT2D eigenvalue weighted by Crippen LogP contribution is -2.28. The molecule has 2 aromatic carbocycles. The minimum Gasteiger partial charge on any atom is -0.454 e. The normalized spacial score (nSPS) is 12.4. The highest BCUT2D eigenvalue weighted by molar-refractivity contribution is 6.04. The second kappa shape index (κ2) is 8.08. The average Bonchev–Trinajstić information content (AvgIpc) is 3.42. The number of Topliss-reactive ketones (excluding diaryl/α,β-unsaturated/α-hetero) is 1. The molecular weight excluding hydrogens is 398 g/mol. The summed E-state index contributed by atoms with van der Waals surface area (Å²) < 4.78 is 6.55. The largest absolute Gasteiger partial charge is 0.454 e. The van der Waals surface area contributed by atoms with Gasteiger partial charge < -0.3 is 14.5 Å². The lowest BCUT2D eigenvalue weighted by molar-refractivity contribution is -0.118. The SMILES string of the molecule is CN1C(=C(C#N)C(=O)COC(=O)c2ccccc2-n2cnnn2)N(C)c2ccccc21. The summed E-state index contributed by atoms with van der Waals surface area (Å²) in [4.78, 5) is 29.0. The molecule has 10 heteroatoms. The van der Waals surface area contributed by atoms with E-state index in [-0.39, 0.29) is 11.1 Å². The van der Waals surface area contributed by atoms with Gasteiger partial charge in [-0.1, -0.05) is 24.3 Å². The quantitative estimate of drug-likeness (QED) is 0.349. The molecule has 0 saturated heterocycles. The Morgan fingerprint density at radius 1 is 1.00 bits per heavy atom. The van der Waals surface area contributed by atoms with Crippen molar-refractivity contribution in [1.82, 2.24) is 20.2 Å². The molecule has 1 aliphatic heterocycles. The molecule has 0 bridgehead atoms. The van der Waals surface area contributed by atoms with Crippen LogP contribution in [0.1, 0.15) is 10.4 Å². The topological polar surface area (TPSA) is 117 Å². The zero-order chi connectivity index (χ0) is 22.0. The maximum Gasteiger partial charge on any atom is 0.340 e. The van der Waals surface area contributed by atoms with E-state index in [4.69, 9.17) is 4.74 Å². The van der Waals surface area contributed by atoms with Gasteiger partial charge >= 0.3 is 5.97 Å². The first-order valence-electron chi connectivity index (χ1n) is 9.26. The van der Waals surface area contributed by atoms with Crippen LogP contribution in [0.2, 0.25) is 0 Å². The standard InChI is InChI=1S/C21H17N7O3/c1-26-17-9-5-6-10-18(17)27(2)20(26)15(11-22)19(29)12-31-21(30)14-7-3-4-8-16(14)28-13-23-24-25-28/h3-10,13H,12H2,1-2H3. The lowest BCUT2D eigenvalue weighted by Gasteiger charge is -2.19. The number of carbonyl (C=O) groups is 2. The van der Waals surface area contributed by atoms with Crippen molar-refractivity contribution in [1.29, 1.82) is 5.26 Å². The third-order valence-electron chi connectivity index (χ3n) is 4.91. The van der Waals surface area contributed by atoms with Crippen LogP contribution < -0.4 is 9.80 Å². The van der Waals surface area contributed by atoms with E-state index >= 15 is 0 Å². The average molecular weight is 415 g/mol. The summed E-state index contributed by atoms with van der Waals surface area (Å²) in [6, 6.07) is 16.1. The van der Waals surface area contributed by atoms with E-state index < -0.39 is 18.4 Å². The molecule has 1 aromatic heterocycles. The summed E-state index contributed by atoms with van der Waals surface area (Å²) in [5, 5.41) is 20.6. The third kappa shape index (κ3) is 3.49. The van der Waals surface area contributed by atoms with E-state index in [1.807, 2.05) is 30.3 Å². The van der Waals surface area contributed by atoms with Crippen LogP contribution in [0, 0.1) is 11.3 Å². The molecule has 0 aliphatic carbocycles. The molecule has 1 aliphatic rings. The fourth-order valence-corrected chi connectivity index (χ4v) is 3.46. The molecule has 0 N–H and O–H groups in total. The van der Waals surface area contributed by atoms with Crippen molar-refractivity contribution < 1.29 is 14.3 Å². The van der Waals surface area contributed by atoms with Gasteiger partial charge in [0.2, 0.25) is 5.78 Å². The number of nitrogens with zero attached hydrogens (tertiary/aromatic N) is 7. The van der Waals surface area contributed by atoms with E-state index in [2.05, 4.69) is 15.5 Å². The molecule has 31 heavy (non-hydrogen) atoms. The molecule has 0 fully saturated rings. The highest BCUT2D eigenvalue weighted by Gasteiger charge is 2.31. The summed E-state index contributed by atoms with van der Waals surface area (Å²) in [5.74, 6) is -0.894. The maximum absolute atomic E-state index is 12.8. The number of carbonyl (C=O) groups excluding carboxylic acids is 2. The molecular formula is C21H17N7O3. The van der Waals surface area contributed by atoms with Gasteiger partial charge in [-0.3, -0.25) is 4.79 Å². The van der Waals surface area contributed by atoms with Gasteiger partial charge in [0.1, 0.15) is 23.8 Å². The van der Waals surface area contributed by atoms with Crippen molar-refractivity contribution in [2.24, 2.45) is 0 Å². The summed E-state index contributed by atoms with van der Waals surface area (Å²) in [7, 11) is 3.55. The monoisotopic (exact) mass is 415 g/mol. The maximum atomic E-state index is 12.8. The van der Waals surface area contributed by atoms with Gasteiger partial charge in [-0.2, -0.15) is 9.94 Å². The van der Waals surface area contributed by atoms with Crippen LogP contribution in [-0.4, -0.2) is 52.7 Å². The first-order valence-corrected chi connectivity index (χ1v) is 9.26. The number of hydrogen-bond acceptors (Lipinski definition) is 9. The Bertz CT molecular complexity index is 1200. The number of ketones is 1. The summed E-state index contributed by atoms with van der Waals surface area (Å²) in [6.07, 6.45) is 1.35. The van der Waals surface area contributed by atoms with Gasteiger partial charge in [0, 0.05) is 14.1 Å². The second-order valence-electron chi connectivity index (χ2n) is 6.69. The predicted octanol–water partition coefficient (Wildman–Crippen LogP) is 1.71. The molecule has 3 aromatic rings. The van der Waals surface area contributed by atoms with Crippen molar-refractivity contribution in [2.45, 2.75) is 0 Å². The van der Waals surface area contributed by atoms with Gasteiger partial charge in [-0.15, -0.1) is 5.10 Å². The molecule has 10 nitrogen and oxygen atoms in total. The number of tetrazole rings is 1. The van der Waals surface area contributed by atoms with Crippen LogP contribution in [0.15, 0.2) is 66.3 Å². The van der Waals surface area contributed by atoms with Crippen LogP contribution in [-0.2, 0) is 9.53 Å². The van der Waals surface area contributed by atoms with E-state index in [9.17, 15) is 14.9 Å². The van der Waals surface area contributed by atoms with E-state index in [0.717, 1.165) is 11.4 Å². The van der Waals surface area contributed by atoms with E-state index in [0.29, 0.717) is 11.5 Å². The van der Waals surface area contributed by atoms with Crippen LogP contribution in [0.3, 0.4) is 0 Å². The zero-order valence-electron chi connectivity index (χ0n) is 16.8. The van der Waals surface area contributed by atoms with Crippen molar-refractivity contribution >= 4 is 23.1 Å². The molecule has 4 rings (SSSR count). The Hall–Kier alpha value is -4.52. The number of rotatable bonds is 5. The van der Waals surface area contributed by atoms with Crippen LogP contribution in [0.5, 0.6) is 0 Å². The smallest absolute Gasteiger partial charge is 0.340 e. The fourth-order valence-electron chi connectivity index (χ4n) is 3.46. The van der Waals surface area contributed by atoms with Crippen molar-refractivity contribution in [3.8, 4) is 11.8 Å². The van der Waals surface area contributed by atoms with Crippen molar-refractivity contribution in [3.05, 3.63) is 71.8 Å². The van der Waals surface area contributed by atoms with Gasteiger partial charge in [0.25, 0.3) is 0 Å². The number of esters is 1. The summed E-state index contributed by atoms with van der Waals surface area (Å²) in [6.45, 7) is -0.576. The Kier molecular flexibility index (Phi) is 5.15. The second-order valence-corrected chi connectivity index (χ2v) is 6.69. The third-order valence-corrected chi connectivity index (χ3v) is 4.91. The molecule has 0 saturated carbocycles. The Morgan fingerprint density at radius 2 is 1.61 bits per heavy atom. The zero-order valence-corrected chi connectivity index (χ0v) is 16.8. The lowest BCUT2D eigenvalue weighted by atomic mass is 10.1. The number of ether oxygens (including phenoxy) is 1. The van der Waals surface area contributed by atoms with Gasteiger partial charge in [-0.25, -0.2) is 4.79 Å². The summed E-state index contributed by atoms with van der Waals surface area (Å²) in [5.41, 5.74) is 2.24. The number of fused-ring (bicyclic) bond motifs is 1. The van der Waals surface area contributed by atoms with Crippen LogP contribution in [0.4, 0.5) is 11.4 Å². The fraction of sp³-hybridized carbons (Fsp3) is 0.143. The number of nitriles is 1. The van der Waals surface area contributed by atoms with E-state index in [1.54, 1.807) is 48.2 Å². The summed E-state index contributed by atoms with van der Waals surface area (Å²) >= 11 is 0. The molecule has 0 unspecified atom stereocenters. The first kappa shape index (κ1) is 19.8. The first-order chi connectivity index (χ1) is 15.0. The molecule has 2 heterocycles. The van der Waals surface area contributed by atoms with E-state index in [1.165, 1.54) is 11.0 Å². The number of para-hydroxylation sites is 3. The van der Waals surface area contributed by atoms with Crippen molar-refractivity contribution in [3.63, 3.8) is 0 Å². The predicted molar refractivity (Wildman–Crippen MR) is 110 cm³/mol. The Labute approximate surface area is 177 Å². The molecule has 0 spiro atoms. The highest BCUT2D eigenvalue weighted by atomic mass is 16.5.